The van der Waals surface area contributed by atoms with Gasteiger partial charge in [-0.3, -0.25) is 9.59 Å². The van der Waals surface area contributed by atoms with Crippen LogP contribution in [0, 0.1) is 12.7 Å². The van der Waals surface area contributed by atoms with Gasteiger partial charge in [-0.2, -0.15) is 5.10 Å². The first-order valence-electron chi connectivity index (χ1n) is 8.49. The maximum atomic E-state index is 13.7. The van der Waals surface area contributed by atoms with Gasteiger partial charge in [-0.05, 0) is 45.0 Å². The fraction of sp³-hybridized carbons (Fsp3) is 0.263. The minimum absolute atomic E-state index is 0.00353. The van der Waals surface area contributed by atoms with Crippen molar-refractivity contribution in [1.82, 2.24) is 14.8 Å². The predicted molar refractivity (Wildman–Crippen MR) is 101 cm³/mol. The molecule has 3 rings (SSSR count). The van der Waals surface area contributed by atoms with Gasteiger partial charge in [-0.1, -0.05) is 0 Å². The molecule has 0 unspecified atom stereocenters. The van der Waals surface area contributed by atoms with E-state index in [0.29, 0.717) is 22.6 Å². The molecular formula is C19H20FN5O2. The van der Waals surface area contributed by atoms with Crippen molar-refractivity contribution in [3.8, 4) is 0 Å². The second-order valence-electron chi connectivity index (χ2n) is 6.55. The van der Waals surface area contributed by atoms with Gasteiger partial charge in [0, 0.05) is 24.0 Å². The molecule has 27 heavy (non-hydrogen) atoms. The summed E-state index contributed by atoms with van der Waals surface area (Å²) in [5.74, 6) is -1.35. The van der Waals surface area contributed by atoms with Crippen LogP contribution in [-0.4, -0.2) is 26.6 Å². The number of benzene rings is 1. The van der Waals surface area contributed by atoms with E-state index in [1.54, 1.807) is 23.9 Å². The molecular weight excluding hydrogens is 349 g/mol. The number of anilines is 2. The van der Waals surface area contributed by atoms with E-state index in [9.17, 15) is 14.0 Å². The van der Waals surface area contributed by atoms with Crippen molar-refractivity contribution in [2.24, 2.45) is 0 Å². The fourth-order valence-corrected chi connectivity index (χ4v) is 2.76. The zero-order chi connectivity index (χ0) is 19.7. The molecule has 0 aliphatic rings. The molecule has 2 heterocycles. The van der Waals surface area contributed by atoms with Crippen molar-refractivity contribution >= 4 is 34.2 Å². The van der Waals surface area contributed by atoms with Gasteiger partial charge in [0.05, 0.1) is 23.1 Å². The predicted octanol–water partition coefficient (Wildman–Crippen LogP) is 3.67. The molecule has 2 aromatic heterocycles. The monoisotopic (exact) mass is 369 g/mol. The normalized spacial score (nSPS) is 11.0. The molecule has 0 aliphatic carbocycles. The third kappa shape index (κ3) is 3.79. The first-order valence-corrected chi connectivity index (χ1v) is 8.49. The van der Waals surface area contributed by atoms with E-state index in [1.807, 2.05) is 13.8 Å². The van der Waals surface area contributed by atoms with E-state index in [0.717, 1.165) is 5.39 Å². The fourth-order valence-electron chi connectivity index (χ4n) is 2.76. The average molecular weight is 369 g/mol. The van der Waals surface area contributed by atoms with Crippen LogP contribution in [0.25, 0.3) is 11.0 Å². The van der Waals surface area contributed by atoms with Crippen LogP contribution in [0.5, 0.6) is 0 Å². The third-order valence-electron chi connectivity index (χ3n) is 4.03. The molecule has 0 fully saturated rings. The second-order valence-corrected chi connectivity index (χ2v) is 6.55. The van der Waals surface area contributed by atoms with Gasteiger partial charge >= 0.3 is 0 Å². The van der Waals surface area contributed by atoms with Gasteiger partial charge in [0.1, 0.15) is 5.82 Å². The molecule has 2 N–H and O–H groups in total. The van der Waals surface area contributed by atoms with Crippen LogP contribution in [0.4, 0.5) is 15.8 Å². The zero-order valence-corrected chi connectivity index (χ0v) is 15.5. The summed E-state index contributed by atoms with van der Waals surface area (Å²) in [7, 11) is 0. The summed E-state index contributed by atoms with van der Waals surface area (Å²) in [4.78, 5) is 28.3. The van der Waals surface area contributed by atoms with Crippen molar-refractivity contribution in [3.63, 3.8) is 0 Å². The molecule has 0 radical (unpaired) electrons. The number of carbonyl (C=O) groups is 2. The van der Waals surface area contributed by atoms with Crippen molar-refractivity contribution in [3.05, 3.63) is 47.5 Å². The Bertz CT molecular complexity index is 1040. The summed E-state index contributed by atoms with van der Waals surface area (Å²) >= 11 is 0. The number of aromatic nitrogens is 3. The van der Waals surface area contributed by atoms with Gasteiger partial charge in [0.25, 0.3) is 5.91 Å². The Morgan fingerprint density at radius 3 is 2.59 bits per heavy atom. The van der Waals surface area contributed by atoms with Gasteiger partial charge in [0.15, 0.2) is 5.65 Å². The minimum Gasteiger partial charge on any atom is -0.324 e. The lowest BCUT2D eigenvalue weighted by Crippen LogP contribution is -2.15. The summed E-state index contributed by atoms with van der Waals surface area (Å²) in [5, 5.41) is 10.2. The quantitative estimate of drug-likeness (QED) is 0.734. The molecule has 0 saturated carbocycles. The number of hydrogen-bond donors (Lipinski definition) is 2. The van der Waals surface area contributed by atoms with Gasteiger partial charge in [0.2, 0.25) is 5.91 Å². The number of pyridine rings is 1. The minimum atomic E-state index is -0.580. The highest BCUT2D eigenvalue weighted by Crippen LogP contribution is 2.23. The maximum Gasteiger partial charge on any atom is 0.257 e. The van der Waals surface area contributed by atoms with Crippen LogP contribution < -0.4 is 10.6 Å². The van der Waals surface area contributed by atoms with Crippen LogP contribution in [0.2, 0.25) is 0 Å². The standard InChI is InChI=1S/C19H20FN5O2/c1-10(2)25-18-13(9-21-25)7-15(11(3)22-18)19(27)24-14-5-6-16(20)17(8-14)23-12(4)26/h5-10H,1-4H3,(H,23,26)(H,24,27). The number of nitrogens with one attached hydrogen (secondary N) is 2. The Balaban J connectivity index is 1.90. The molecule has 3 aromatic rings. The number of nitrogens with zero attached hydrogens (tertiary/aromatic N) is 3. The van der Waals surface area contributed by atoms with E-state index < -0.39 is 11.7 Å². The van der Waals surface area contributed by atoms with Crippen LogP contribution in [0.1, 0.15) is 42.9 Å². The Morgan fingerprint density at radius 1 is 1.19 bits per heavy atom. The first kappa shape index (κ1) is 18.5. The van der Waals surface area contributed by atoms with Crippen LogP contribution in [-0.2, 0) is 4.79 Å². The lowest BCUT2D eigenvalue weighted by atomic mass is 10.1. The summed E-state index contributed by atoms with van der Waals surface area (Å²) in [6, 6.07) is 5.86. The highest BCUT2D eigenvalue weighted by Gasteiger charge is 2.16. The molecule has 0 atom stereocenters. The topological polar surface area (TPSA) is 88.9 Å². The van der Waals surface area contributed by atoms with E-state index in [2.05, 4.69) is 20.7 Å². The highest BCUT2D eigenvalue weighted by atomic mass is 19.1. The molecule has 2 amide bonds. The van der Waals surface area contributed by atoms with Crippen molar-refractivity contribution in [2.75, 3.05) is 10.6 Å². The Labute approximate surface area is 155 Å². The Kier molecular flexibility index (Phi) is 4.89. The molecule has 0 aliphatic heterocycles. The number of rotatable bonds is 4. The summed E-state index contributed by atoms with van der Waals surface area (Å²) in [6.07, 6.45) is 1.67. The number of carbonyl (C=O) groups excluding carboxylic acids is 2. The Hall–Kier alpha value is -3.29. The smallest absolute Gasteiger partial charge is 0.257 e. The van der Waals surface area contributed by atoms with Gasteiger partial charge in [-0.25, -0.2) is 14.1 Å². The van der Waals surface area contributed by atoms with Crippen LogP contribution in [0.15, 0.2) is 30.5 Å². The SMILES string of the molecule is CC(=O)Nc1cc(NC(=O)c2cc3cnn(C(C)C)c3nc2C)ccc1F. The number of halogens is 1. The van der Waals surface area contributed by atoms with Crippen molar-refractivity contribution in [2.45, 2.75) is 33.7 Å². The summed E-state index contributed by atoms with van der Waals surface area (Å²) < 4.78 is 15.5. The molecule has 0 bridgehead atoms. The number of fused-ring (bicyclic) bond motifs is 1. The van der Waals surface area contributed by atoms with Crippen LogP contribution >= 0.6 is 0 Å². The van der Waals surface area contributed by atoms with E-state index in [-0.39, 0.29) is 17.6 Å². The lowest BCUT2D eigenvalue weighted by Gasteiger charge is -2.11. The van der Waals surface area contributed by atoms with Gasteiger partial charge in [-0.15, -0.1) is 0 Å². The number of amides is 2. The molecule has 0 saturated heterocycles. The zero-order valence-electron chi connectivity index (χ0n) is 15.5. The van der Waals surface area contributed by atoms with Crippen molar-refractivity contribution < 1.29 is 14.0 Å². The summed E-state index contributed by atoms with van der Waals surface area (Å²) in [6.45, 7) is 7.04. The third-order valence-corrected chi connectivity index (χ3v) is 4.03. The molecule has 7 nitrogen and oxygen atoms in total. The van der Waals surface area contributed by atoms with E-state index in [4.69, 9.17) is 0 Å². The molecule has 140 valence electrons. The lowest BCUT2D eigenvalue weighted by molar-refractivity contribution is -0.114. The number of hydrogen-bond acceptors (Lipinski definition) is 4. The second kappa shape index (κ2) is 7.14. The Morgan fingerprint density at radius 2 is 1.93 bits per heavy atom. The average Bonchev–Trinajstić information content (AvgIpc) is 2.99. The maximum absolute atomic E-state index is 13.7. The molecule has 8 heteroatoms. The van der Waals surface area contributed by atoms with E-state index >= 15 is 0 Å². The first-order chi connectivity index (χ1) is 12.8. The highest BCUT2D eigenvalue weighted by molar-refractivity contribution is 6.07. The number of aryl methyl sites for hydroxylation is 1. The van der Waals surface area contributed by atoms with Crippen molar-refractivity contribution in [1.29, 1.82) is 0 Å². The largest absolute Gasteiger partial charge is 0.324 e. The van der Waals surface area contributed by atoms with E-state index in [1.165, 1.54) is 25.1 Å². The van der Waals surface area contributed by atoms with Crippen LogP contribution in [0.3, 0.4) is 0 Å². The summed E-state index contributed by atoms with van der Waals surface area (Å²) in [5.41, 5.74) is 2.04. The molecule has 1 aromatic carbocycles. The molecule has 0 spiro atoms. The van der Waals surface area contributed by atoms with Gasteiger partial charge < -0.3 is 10.6 Å².